The number of likely N-dealkylation sites (tertiary alicyclic amines) is 1. The number of aliphatic carboxylic acids is 1. The summed E-state index contributed by atoms with van der Waals surface area (Å²) in [7, 11) is 0. The second kappa shape index (κ2) is 5.69. The van der Waals surface area contributed by atoms with Crippen molar-refractivity contribution in [1.29, 1.82) is 0 Å². The average molecular weight is 267 g/mol. The van der Waals surface area contributed by atoms with Crippen molar-refractivity contribution in [2.24, 2.45) is 5.92 Å². The van der Waals surface area contributed by atoms with Crippen LogP contribution in [-0.2, 0) is 16.1 Å². The van der Waals surface area contributed by atoms with Crippen molar-refractivity contribution in [3.05, 3.63) is 35.9 Å². The van der Waals surface area contributed by atoms with Crippen LogP contribution in [0.2, 0.25) is 0 Å². The average Bonchev–Trinajstić information content (AvgIpc) is 2.79. The molecule has 2 rings (SSSR count). The van der Waals surface area contributed by atoms with E-state index >= 15 is 0 Å². The second-order valence-electron chi connectivity index (χ2n) is 4.41. The Morgan fingerprint density at radius 3 is 2.58 bits per heavy atom. The highest BCUT2D eigenvalue weighted by Gasteiger charge is 2.40. The summed E-state index contributed by atoms with van der Waals surface area (Å²) in [4.78, 5) is 23.5. The number of hydrogen-bond acceptors (Lipinski definition) is 3. The predicted molar refractivity (Wildman–Crippen MR) is 64.2 cm³/mol. The molecule has 0 spiro atoms. The third-order valence-corrected chi connectivity index (χ3v) is 3.03. The molecule has 1 heterocycles. The van der Waals surface area contributed by atoms with E-state index in [4.69, 9.17) is 9.84 Å². The lowest BCUT2D eigenvalue weighted by atomic mass is 10.1. The molecule has 1 aromatic carbocycles. The molecular weight excluding hydrogens is 253 g/mol. The van der Waals surface area contributed by atoms with Crippen LogP contribution in [0.3, 0.4) is 0 Å². The maximum absolute atomic E-state index is 13.4. The highest BCUT2D eigenvalue weighted by molar-refractivity contribution is 5.75. The largest absolute Gasteiger partial charge is 0.481 e. The van der Waals surface area contributed by atoms with Gasteiger partial charge in [0.25, 0.3) is 0 Å². The number of ether oxygens (including phenoxy) is 1. The van der Waals surface area contributed by atoms with E-state index in [0.717, 1.165) is 10.5 Å². The molecule has 0 aliphatic carbocycles. The summed E-state index contributed by atoms with van der Waals surface area (Å²) in [6.45, 7) is -0.292. The Balaban J connectivity index is 1.86. The van der Waals surface area contributed by atoms with Crippen LogP contribution in [0.1, 0.15) is 5.56 Å². The van der Waals surface area contributed by atoms with E-state index < -0.39 is 24.2 Å². The minimum atomic E-state index is -1.54. The number of halogens is 1. The normalized spacial score (nSPS) is 22.3. The molecule has 1 amide bonds. The number of carboxylic acid groups (broad SMARTS) is 1. The van der Waals surface area contributed by atoms with E-state index in [9.17, 15) is 14.0 Å². The summed E-state index contributed by atoms with van der Waals surface area (Å²) >= 11 is 0. The molecule has 1 saturated heterocycles. The summed E-state index contributed by atoms with van der Waals surface area (Å²) in [6.07, 6.45) is -2.22. The molecule has 6 heteroatoms. The van der Waals surface area contributed by atoms with Crippen LogP contribution < -0.4 is 0 Å². The Morgan fingerprint density at radius 2 is 2.00 bits per heavy atom. The lowest BCUT2D eigenvalue weighted by molar-refractivity contribution is -0.142. The fraction of sp³-hybridized carbons (Fsp3) is 0.385. The van der Waals surface area contributed by atoms with Crippen molar-refractivity contribution in [3.63, 3.8) is 0 Å². The van der Waals surface area contributed by atoms with Crippen LogP contribution in [-0.4, -0.2) is 41.3 Å². The van der Waals surface area contributed by atoms with Gasteiger partial charge in [-0.05, 0) is 5.56 Å². The van der Waals surface area contributed by atoms with Gasteiger partial charge in [-0.2, -0.15) is 0 Å². The Hall–Kier alpha value is -2.11. The van der Waals surface area contributed by atoms with Crippen LogP contribution in [0.25, 0.3) is 0 Å². The molecule has 1 N–H and O–H groups in total. The van der Waals surface area contributed by atoms with Crippen LogP contribution in [0, 0.1) is 5.92 Å². The van der Waals surface area contributed by atoms with Crippen molar-refractivity contribution in [2.75, 3.05) is 13.1 Å². The fourth-order valence-corrected chi connectivity index (χ4v) is 1.96. The summed E-state index contributed by atoms with van der Waals surface area (Å²) < 4.78 is 18.4. The smallest absolute Gasteiger partial charge is 0.410 e. The zero-order chi connectivity index (χ0) is 13.8. The van der Waals surface area contributed by atoms with Crippen molar-refractivity contribution in [2.45, 2.75) is 12.8 Å². The zero-order valence-electron chi connectivity index (χ0n) is 10.2. The molecule has 1 aliphatic heterocycles. The van der Waals surface area contributed by atoms with Gasteiger partial charge in [0, 0.05) is 6.54 Å². The van der Waals surface area contributed by atoms with Gasteiger partial charge >= 0.3 is 12.1 Å². The maximum atomic E-state index is 13.4. The third-order valence-electron chi connectivity index (χ3n) is 3.03. The number of benzene rings is 1. The molecule has 1 aromatic rings. The van der Waals surface area contributed by atoms with Gasteiger partial charge in [-0.3, -0.25) is 4.79 Å². The number of hydrogen-bond donors (Lipinski definition) is 1. The quantitative estimate of drug-likeness (QED) is 0.904. The topological polar surface area (TPSA) is 66.8 Å². The van der Waals surface area contributed by atoms with Gasteiger partial charge in [-0.15, -0.1) is 0 Å². The van der Waals surface area contributed by atoms with Crippen molar-refractivity contribution in [3.8, 4) is 0 Å². The van der Waals surface area contributed by atoms with E-state index in [2.05, 4.69) is 0 Å². The number of rotatable bonds is 3. The number of carbonyl (C=O) groups excluding carboxylic acids is 1. The fourth-order valence-electron chi connectivity index (χ4n) is 1.96. The number of carbonyl (C=O) groups is 2. The maximum Gasteiger partial charge on any atom is 0.410 e. The highest BCUT2D eigenvalue weighted by Crippen LogP contribution is 2.21. The molecule has 0 unspecified atom stereocenters. The summed E-state index contributed by atoms with van der Waals surface area (Å²) in [5.74, 6) is -2.39. The minimum Gasteiger partial charge on any atom is -0.481 e. The number of carboxylic acids is 1. The van der Waals surface area contributed by atoms with Crippen LogP contribution in [0.5, 0.6) is 0 Å². The predicted octanol–water partition coefficient (Wildman–Crippen LogP) is 1.68. The molecule has 1 aliphatic rings. The third kappa shape index (κ3) is 3.21. The number of alkyl halides is 1. The van der Waals surface area contributed by atoms with Gasteiger partial charge in [-0.25, -0.2) is 9.18 Å². The summed E-state index contributed by atoms with van der Waals surface area (Å²) in [6, 6.07) is 9.08. The summed E-state index contributed by atoms with van der Waals surface area (Å²) in [5.41, 5.74) is 0.821. The monoisotopic (exact) mass is 267 g/mol. The standard InChI is InChI=1S/C13H14FNO4/c14-11-7-15(6-10(11)12(16)17)13(18)19-8-9-4-2-1-3-5-9/h1-5,10-11H,6-8H2,(H,16,17)/t10-,11-/m1/s1. The Kier molecular flexibility index (Phi) is 3.99. The first-order chi connectivity index (χ1) is 9.08. The lowest BCUT2D eigenvalue weighted by Gasteiger charge is -2.15. The van der Waals surface area contributed by atoms with Gasteiger partial charge in [0.1, 0.15) is 18.7 Å². The van der Waals surface area contributed by atoms with Crippen molar-refractivity contribution in [1.82, 2.24) is 4.90 Å². The van der Waals surface area contributed by atoms with Gasteiger partial charge in [0.15, 0.2) is 0 Å². The zero-order valence-corrected chi connectivity index (χ0v) is 10.2. The Morgan fingerprint density at radius 1 is 1.32 bits per heavy atom. The second-order valence-corrected chi connectivity index (χ2v) is 4.41. The van der Waals surface area contributed by atoms with E-state index in [-0.39, 0.29) is 19.7 Å². The van der Waals surface area contributed by atoms with Gasteiger partial charge in [0.2, 0.25) is 0 Å². The lowest BCUT2D eigenvalue weighted by Crippen LogP contribution is -2.30. The SMILES string of the molecule is O=C(O)[C@@H]1CN(C(=O)OCc2ccccc2)C[C@H]1F. The first kappa shape index (κ1) is 13.3. The molecule has 19 heavy (non-hydrogen) atoms. The van der Waals surface area contributed by atoms with Gasteiger partial charge in [-0.1, -0.05) is 30.3 Å². The molecular formula is C13H14FNO4. The van der Waals surface area contributed by atoms with Crippen LogP contribution in [0.4, 0.5) is 9.18 Å². The van der Waals surface area contributed by atoms with Crippen LogP contribution in [0.15, 0.2) is 30.3 Å². The van der Waals surface area contributed by atoms with E-state index in [0.29, 0.717) is 0 Å². The molecule has 0 aromatic heterocycles. The molecule has 0 saturated carbocycles. The molecule has 2 atom stereocenters. The van der Waals surface area contributed by atoms with E-state index in [1.54, 1.807) is 12.1 Å². The molecule has 1 fully saturated rings. The first-order valence-electron chi connectivity index (χ1n) is 5.90. The van der Waals surface area contributed by atoms with Gasteiger partial charge < -0.3 is 14.7 Å². The Bertz CT molecular complexity index is 465. The molecule has 0 radical (unpaired) electrons. The number of amides is 1. The summed E-state index contributed by atoms with van der Waals surface area (Å²) in [5, 5.41) is 8.77. The number of nitrogens with zero attached hydrogens (tertiary/aromatic N) is 1. The van der Waals surface area contributed by atoms with Crippen molar-refractivity contribution < 1.29 is 23.8 Å². The Labute approximate surface area is 109 Å². The van der Waals surface area contributed by atoms with Crippen molar-refractivity contribution >= 4 is 12.1 Å². The molecule has 102 valence electrons. The molecule has 5 nitrogen and oxygen atoms in total. The highest BCUT2D eigenvalue weighted by atomic mass is 19.1. The van der Waals surface area contributed by atoms with E-state index in [1.165, 1.54) is 0 Å². The minimum absolute atomic E-state index is 0.0882. The first-order valence-corrected chi connectivity index (χ1v) is 5.90. The molecule has 0 bridgehead atoms. The van der Waals surface area contributed by atoms with Crippen LogP contribution >= 0.6 is 0 Å². The van der Waals surface area contributed by atoms with E-state index in [1.807, 2.05) is 18.2 Å². The van der Waals surface area contributed by atoms with Gasteiger partial charge in [0.05, 0.1) is 6.54 Å².